The number of carbonyl (C=O) groups is 1. The zero-order chi connectivity index (χ0) is 22.4. The summed E-state index contributed by atoms with van der Waals surface area (Å²) >= 11 is 0. The summed E-state index contributed by atoms with van der Waals surface area (Å²) in [4.78, 5) is 15.3. The predicted octanol–water partition coefficient (Wildman–Crippen LogP) is 4.32. The van der Waals surface area contributed by atoms with Gasteiger partial charge in [0.25, 0.3) is 0 Å². The molecular formula is C26H32N2O3S. The van der Waals surface area contributed by atoms with Crippen LogP contribution >= 0.6 is 0 Å². The molecule has 0 aliphatic carbocycles. The van der Waals surface area contributed by atoms with E-state index in [0.29, 0.717) is 32.0 Å². The highest BCUT2D eigenvalue weighted by Crippen LogP contribution is 2.28. The summed E-state index contributed by atoms with van der Waals surface area (Å²) < 4.78 is 26.9. The van der Waals surface area contributed by atoms with Crippen molar-refractivity contribution in [3.05, 3.63) is 77.2 Å². The van der Waals surface area contributed by atoms with Gasteiger partial charge < -0.3 is 4.90 Å². The largest absolute Gasteiger partial charge is 0.339 e. The molecule has 170 valence electrons. The average Bonchev–Trinajstić information content (AvgIpc) is 3.31. The first-order chi connectivity index (χ1) is 15.5. The van der Waals surface area contributed by atoms with Crippen LogP contribution in [0.4, 0.5) is 0 Å². The van der Waals surface area contributed by atoms with E-state index in [2.05, 4.69) is 29.2 Å². The molecule has 0 saturated carbocycles. The first kappa shape index (κ1) is 22.7. The fraction of sp³-hybridized carbons (Fsp3) is 0.423. The van der Waals surface area contributed by atoms with Crippen molar-refractivity contribution in [2.75, 3.05) is 19.6 Å². The van der Waals surface area contributed by atoms with Crippen molar-refractivity contribution in [3.8, 4) is 0 Å². The molecule has 2 aliphatic heterocycles. The quantitative estimate of drug-likeness (QED) is 0.629. The normalized spacial score (nSPS) is 20.8. The van der Waals surface area contributed by atoms with Crippen molar-refractivity contribution in [2.24, 2.45) is 5.92 Å². The van der Waals surface area contributed by atoms with Gasteiger partial charge in [0, 0.05) is 37.0 Å². The maximum atomic E-state index is 13.2. The number of nitrogens with zero attached hydrogens (tertiary/aromatic N) is 2. The number of sulfonamides is 1. The number of hydrogen-bond donors (Lipinski definition) is 0. The molecular weight excluding hydrogens is 420 g/mol. The Morgan fingerprint density at radius 1 is 0.906 bits per heavy atom. The van der Waals surface area contributed by atoms with Crippen molar-refractivity contribution in [2.45, 2.75) is 44.6 Å². The van der Waals surface area contributed by atoms with Crippen molar-refractivity contribution in [1.82, 2.24) is 9.21 Å². The highest BCUT2D eigenvalue weighted by molar-refractivity contribution is 7.92. The van der Waals surface area contributed by atoms with Crippen LogP contribution in [0.1, 0.15) is 43.2 Å². The zero-order valence-corrected chi connectivity index (χ0v) is 19.3. The lowest BCUT2D eigenvalue weighted by Gasteiger charge is -2.34. The van der Waals surface area contributed by atoms with Crippen molar-refractivity contribution in [3.63, 3.8) is 0 Å². The van der Waals surface area contributed by atoms with Gasteiger partial charge in [-0.15, -0.1) is 0 Å². The van der Waals surface area contributed by atoms with Gasteiger partial charge in [-0.2, -0.15) is 4.31 Å². The Hall–Kier alpha value is -2.44. The van der Waals surface area contributed by atoms with E-state index in [4.69, 9.17) is 0 Å². The topological polar surface area (TPSA) is 57.7 Å². The molecule has 6 heteroatoms. The summed E-state index contributed by atoms with van der Waals surface area (Å²) in [6, 6.07) is 20.2. The van der Waals surface area contributed by atoms with Gasteiger partial charge in [-0.05, 0) is 55.7 Å². The molecule has 2 aromatic carbocycles. The number of carbonyl (C=O) groups excluding carboxylic acids is 1. The van der Waals surface area contributed by atoms with E-state index in [9.17, 15) is 13.2 Å². The number of likely N-dealkylation sites (tertiary alicyclic amines) is 1. The Balaban J connectivity index is 1.30. The molecule has 0 N–H and O–H groups in total. The molecule has 2 heterocycles. The summed E-state index contributed by atoms with van der Waals surface area (Å²) in [5, 5.41) is 1.28. The van der Waals surface area contributed by atoms with Gasteiger partial charge in [0.15, 0.2) is 0 Å². The Morgan fingerprint density at radius 2 is 1.56 bits per heavy atom. The van der Waals surface area contributed by atoms with Crippen LogP contribution in [-0.4, -0.2) is 49.2 Å². The Kier molecular flexibility index (Phi) is 7.43. The maximum absolute atomic E-state index is 13.2. The molecule has 5 nitrogen and oxygen atoms in total. The number of benzene rings is 2. The molecule has 4 rings (SSSR count). The lowest BCUT2D eigenvalue weighted by molar-refractivity contribution is -0.137. The number of hydrogen-bond acceptors (Lipinski definition) is 3. The highest BCUT2D eigenvalue weighted by atomic mass is 32.2. The lowest BCUT2D eigenvalue weighted by atomic mass is 9.95. The molecule has 2 fully saturated rings. The number of amides is 1. The second kappa shape index (κ2) is 10.5. The third kappa shape index (κ3) is 5.67. The molecule has 0 bridgehead atoms. The standard InChI is InChI=1S/C26H32N2O3S/c29-26(28-18-7-12-25(28)14-13-22-8-3-1-4-9-22)24-15-19-27(20-16-24)32(30,31)21-17-23-10-5-2-6-11-23/h1-6,8-11,17,21,24-25H,7,12-16,18-20H2. The second-order valence-corrected chi connectivity index (χ2v) is 10.6. The van der Waals surface area contributed by atoms with Crippen LogP contribution in [0.2, 0.25) is 0 Å². The number of rotatable bonds is 7. The summed E-state index contributed by atoms with van der Waals surface area (Å²) in [7, 11) is -3.47. The van der Waals surface area contributed by atoms with Crippen LogP contribution in [0.3, 0.4) is 0 Å². The maximum Gasteiger partial charge on any atom is 0.236 e. The summed E-state index contributed by atoms with van der Waals surface area (Å²) in [6.45, 7) is 1.64. The minimum Gasteiger partial charge on any atom is -0.339 e. The molecule has 1 atom stereocenters. The number of aryl methyl sites for hydroxylation is 1. The van der Waals surface area contributed by atoms with Gasteiger partial charge in [0.2, 0.25) is 15.9 Å². The van der Waals surface area contributed by atoms with Gasteiger partial charge in [0.05, 0.1) is 0 Å². The second-order valence-electron chi connectivity index (χ2n) is 8.78. The first-order valence-electron chi connectivity index (χ1n) is 11.6. The summed E-state index contributed by atoms with van der Waals surface area (Å²) in [5.41, 5.74) is 2.17. The van der Waals surface area contributed by atoms with Gasteiger partial charge in [0.1, 0.15) is 0 Å². The van der Waals surface area contributed by atoms with Gasteiger partial charge in [-0.25, -0.2) is 8.42 Å². The molecule has 2 aliphatic rings. The van der Waals surface area contributed by atoms with Gasteiger partial charge >= 0.3 is 0 Å². The van der Waals surface area contributed by atoms with Crippen LogP contribution in [-0.2, 0) is 21.2 Å². The van der Waals surface area contributed by atoms with E-state index in [1.54, 1.807) is 6.08 Å². The van der Waals surface area contributed by atoms with E-state index >= 15 is 0 Å². The average molecular weight is 453 g/mol. The van der Waals surface area contributed by atoms with Crippen LogP contribution in [0.25, 0.3) is 6.08 Å². The molecule has 32 heavy (non-hydrogen) atoms. The smallest absolute Gasteiger partial charge is 0.236 e. The SMILES string of the molecule is O=C(C1CCN(S(=O)(=O)C=Cc2ccccc2)CC1)N1CCCC1CCc1ccccc1. The predicted molar refractivity (Wildman–Crippen MR) is 128 cm³/mol. The zero-order valence-electron chi connectivity index (χ0n) is 18.5. The third-order valence-electron chi connectivity index (χ3n) is 6.66. The van der Waals surface area contributed by atoms with Crippen LogP contribution in [0, 0.1) is 5.92 Å². The molecule has 0 radical (unpaired) electrons. The first-order valence-corrected chi connectivity index (χ1v) is 13.1. The fourth-order valence-corrected chi connectivity index (χ4v) is 6.03. The van der Waals surface area contributed by atoms with Gasteiger partial charge in [-0.1, -0.05) is 60.7 Å². The molecule has 1 amide bonds. The molecule has 0 aromatic heterocycles. The Bertz CT molecular complexity index is 1010. The van der Waals surface area contributed by atoms with Gasteiger partial charge in [-0.3, -0.25) is 4.79 Å². The highest BCUT2D eigenvalue weighted by Gasteiger charge is 2.36. The van der Waals surface area contributed by atoms with Crippen molar-refractivity contribution < 1.29 is 13.2 Å². The molecule has 0 spiro atoms. The van der Waals surface area contributed by atoms with Crippen LogP contribution < -0.4 is 0 Å². The van der Waals surface area contributed by atoms with Crippen molar-refractivity contribution >= 4 is 22.0 Å². The molecule has 2 saturated heterocycles. The lowest BCUT2D eigenvalue weighted by Crippen LogP contribution is -2.45. The van der Waals surface area contributed by atoms with E-state index in [1.165, 1.54) is 15.3 Å². The Morgan fingerprint density at radius 3 is 2.25 bits per heavy atom. The van der Waals surface area contributed by atoms with E-state index in [1.807, 2.05) is 36.4 Å². The van der Waals surface area contributed by atoms with E-state index in [-0.39, 0.29) is 11.8 Å². The summed E-state index contributed by atoms with van der Waals surface area (Å²) in [5.74, 6) is 0.148. The minimum atomic E-state index is -3.47. The van der Waals surface area contributed by atoms with E-state index < -0.39 is 10.0 Å². The minimum absolute atomic E-state index is 0.0723. The summed E-state index contributed by atoms with van der Waals surface area (Å²) in [6.07, 6.45) is 6.93. The van der Waals surface area contributed by atoms with Crippen LogP contribution in [0.5, 0.6) is 0 Å². The molecule has 1 unspecified atom stereocenters. The fourth-order valence-electron chi connectivity index (χ4n) is 4.81. The monoisotopic (exact) mass is 452 g/mol. The van der Waals surface area contributed by atoms with Crippen LogP contribution in [0.15, 0.2) is 66.1 Å². The third-order valence-corrected chi connectivity index (χ3v) is 8.23. The number of piperidine rings is 1. The van der Waals surface area contributed by atoms with E-state index in [0.717, 1.165) is 37.8 Å². The van der Waals surface area contributed by atoms with Crippen molar-refractivity contribution in [1.29, 1.82) is 0 Å². The molecule has 2 aromatic rings. The Labute approximate surface area is 191 Å².